The van der Waals surface area contributed by atoms with E-state index < -0.39 is 65.5 Å². The molecule has 0 amide bonds. The van der Waals surface area contributed by atoms with E-state index in [1.165, 1.54) is 33.4 Å². The molecule has 0 radical (unpaired) electrons. The number of rotatable bonds is 24. The summed E-state index contributed by atoms with van der Waals surface area (Å²) in [5.41, 5.74) is 3.00. The first-order chi connectivity index (χ1) is 34.2. The van der Waals surface area contributed by atoms with Crippen LogP contribution in [0.1, 0.15) is 131 Å². The molecule has 0 bridgehead atoms. The molecule has 0 saturated carbocycles. The molecule has 16 nitrogen and oxygen atoms in total. The molecule has 4 aromatic heterocycles. The molecule has 0 N–H and O–H groups in total. The molecule has 0 saturated heterocycles. The Labute approximate surface area is 439 Å². The highest BCUT2D eigenvalue weighted by atomic mass is 32.2. The summed E-state index contributed by atoms with van der Waals surface area (Å²) >= 11 is 0. The molecule has 0 aliphatic rings. The van der Waals surface area contributed by atoms with Crippen molar-refractivity contribution in [3.8, 4) is 11.4 Å². The molecule has 5 atom stereocenters. The van der Waals surface area contributed by atoms with Crippen molar-refractivity contribution < 1.29 is 35.1 Å². The van der Waals surface area contributed by atoms with E-state index in [0.717, 1.165) is 11.1 Å². The van der Waals surface area contributed by atoms with Crippen LogP contribution < -0.4 is 0 Å². The number of ether oxygens (including phenoxy) is 2. The van der Waals surface area contributed by atoms with Crippen LogP contribution in [0.4, 0.5) is 8.78 Å². The van der Waals surface area contributed by atoms with E-state index in [-0.39, 0.29) is 64.2 Å². The number of halogens is 2. The van der Waals surface area contributed by atoms with Gasteiger partial charge in [0.15, 0.2) is 43.0 Å². The molecule has 74 heavy (non-hydrogen) atoms. The number of para-hydroxylation sites is 2. The lowest BCUT2D eigenvalue weighted by Crippen LogP contribution is -2.32. The van der Waals surface area contributed by atoms with Crippen molar-refractivity contribution >= 4 is 41.7 Å². The first-order valence-corrected chi connectivity index (χ1v) is 26.8. The lowest BCUT2D eigenvalue weighted by Gasteiger charge is -2.25. The van der Waals surface area contributed by atoms with Crippen molar-refractivity contribution in [2.75, 3.05) is 0 Å². The summed E-state index contributed by atoms with van der Waals surface area (Å²) in [4.78, 5) is 17.2. The number of hydrogen-bond donors (Lipinski definition) is 0. The Bertz CT molecular complexity index is 2850. The fourth-order valence-electron chi connectivity index (χ4n) is 7.51. The van der Waals surface area contributed by atoms with E-state index in [4.69, 9.17) is 9.47 Å². The molecule has 0 aliphatic heterocycles. The van der Waals surface area contributed by atoms with Crippen molar-refractivity contribution in [1.82, 2.24) is 49.5 Å². The summed E-state index contributed by atoms with van der Waals surface area (Å²) in [7, 11) is -7.77. The topological polar surface area (TPSA) is 200 Å². The van der Waals surface area contributed by atoms with Gasteiger partial charge in [0.2, 0.25) is 0 Å². The lowest BCUT2D eigenvalue weighted by molar-refractivity contribution is 0.00120. The second kappa shape index (κ2) is 28.0. The van der Waals surface area contributed by atoms with Crippen molar-refractivity contribution in [2.45, 2.75) is 135 Å². The third-order valence-corrected chi connectivity index (χ3v) is 15.3. The Kier molecular flexibility index (Phi) is 23.6. The summed E-state index contributed by atoms with van der Waals surface area (Å²) in [6.45, 7) is 29.1. The van der Waals surface area contributed by atoms with Crippen LogP contribution in [-0.2, 0) is 53.5 Å². The van der Waals surface area contributed by atoms with Crippen LogP contribution in [0, 0.1) is 25.5 Å². The van der Waals surface area contributed by atoms with Gasteiger partial charge in [0.25, 0.3) is 0 Å². The predicted octanol–water partition coefficient (Wildman–Crippen LogP) is 10.2. The largest absolute Gasteiger partial charge is 0.366 e. The molecule has 0 spiro atoms. The third kappa shape index (κ3) is 15.5. The van der Waals surface area contributed by atoms with Crippen LogP contribution in [0.15, 0.2) is 99.7 Å². The van der Waals surface area contributed by atoms with Crippen LogP contribution >= 0.6 is 9.90 Å². The number of aryl methyl sites for hydroxylation is 4. The van der Waals surface area contributed by atoms with E-state index in [9.17, 15) is 16.8 Å². The first-order valence-electron chi connectivity index (χ1n) is 23.4. The number of hydrogen-bond acceptors (Lipinski definition) is 14. The molecule has 400 valence electrons. The van der Waals surface area contributed by atoms with Gasteiger partial charge in [0.1, 0.15) is 47.0 Å². The maximum atomic E-state index is 15.1. The van der Waals surface area contributed by atoms with Crippen LogP contribution in [-0.4, -0.2) is 89.0 Å². The fourth-order valence-corrected chi connectivity index (χ4v) is 10.3. The Hall–Kier alpha value is -6.05. The highest BCUT2D eigenvalue weighted by molar-refractivity contribution is 7.91. The van der Waals surface area contributed by atoms with Crippen LogP contribution in [0.5, 0.6) is 0 Å². The van der Waals surface area contributed by atoms with Gasteiger partial charge in [-0.05, 0) is 91.5 Å². The molecule has 0 fully saturated rings. The summed E-state index contributed by atoms with van der Waals surface area (Å²) in [6.07, 6.45) is 12.6. The van der Waals surface area contributed by atoms with Gasteiger partial charge in [-0.25, -0.2) is 45.6 Å². The second-order valence-electron chi connectivity index (χ2n) is 17.6. The normalized spacial score (nSPS) is 13.1. The summed E-state index contributed by atoms with van der Waals surface area (Å²) in [5.74, 6) is -0.419. The maximum Gasteiger partial charge on any atom is 0.163 e. The fraction of sp³-hybridized carbons (Fsp3) is 0.396. The van der Waals surface area contributed by atoms with Gasteiger partial charge >= 0.3 is 0 Å². The molecular formula is C53H71F2N10O6PS2. The van der Waals surface area contributed by atoms with E-state index in [0.29, 0.717) is 48.5 Å². The highest BCUT2D eigenvalue weighted by Crippen LogP contribution is 2.32. The summed E-state index contributed by atoms with van der Waals surface area (Å²) < 4.78 is 99.7. The SMILES string of the molecule is C.C=CCCc1nnc(CS(=O)(=O)[C@@H](C)[C@@H](OC(C)C)c2ncc(C)cn2)n1-c1c(F)cccc1C=C.C=CCCc1nnc(CS(=O)(=O)[C@@H](C)[C@@H](OC(C)C)c2ncc(C)cn2)n1-c1c(F)cccc1C=C.P. The molecule has 2 aromatic carbocycles. The van der Waals surface area contributed by atoms with E-state index >= 15 is 8.78 Å². The predicted molar refractivity (Wildman–Crippen MR) is 293 cm³/mol. The number of allylic oxidation sites excluding steroid dienone is 2. The van der Waals surface area contributed by atoms with E-state index in [1.807, 2.05) is 41.5 Å². The Morgan fingerprint density at radius 3 is 1.19 bits per heavy atom. The van der Waals surface area contributed by atoms with Crippen LogP contribution in [0.25, 0.3) is 23.5 Å². The zero-order chi connectivity index (χ0) is 52.9. The Morgan fingerprint density at radius 1 is 0.568 bits per heavy atom. The quantitative estimate of drug-likeness (QED) is 0.0409. The van der Waals surface area contributed by atoms with Gasteiger partial charge in [-0.2, -0.15) is 9.90 Å². The number of benzene rings is 2. The van der Waals surface area contributed by atoms with E-state index in [2.05, 4.69) is 66.6 Å². The monoisotopic (exact) mass is 1080 g/mol. The van der Waals surface area contributed by atoms with Gasteiger partial charge < -0.3 is 9.47 Å². The van der Waals surface area contributed by atoms with Crippen molar-refractivity contribution in [3.63, 3.8) is 0 Å². The molecular weight excluding hydrogens is 1010 g/mol. The van der Waals surface area contributed by atoms with Gasteiger partial charge in [-0.15, -0.1) is 33.6 Å². The molecule has 6 aromatic rings. The van der Waals surface area contributed by atoms with Crippen LogP contribution in [0.2, 0.25) is 0 Å². The molecule has 4 heterocycles. The number of nitrogens with zero attached hydrogens (tertiary/aromatic N) is 10. The lowest BCUT2D eigenvalue weighted by atomic mass is 10.1. The Morgan fingerprint density at radius 2 is 0.892 bits per heavy atom. The van der Waals surface area contributed by atoms with Crippen molar-refractivity contribution in [2.24, 2.45) is 0 Å². The summed E-state index contributed by atoms with van der Waals surface area (Å²) in [5, 5.41) is 14.7. The number of sulfone groups is 2. The molecule has 6 rings (SSSR count). The summed E-state index contributed by atoms with van der Waals surface area (Å²) in [6, 6.07) is 9.15. The highest BCUT2D eigenvalue weighted by Gasteiger charge is 2.38. The van der Waals surface area contributed by atoms with Gasteiger partial charge in [-0.3, -0.25) is 9.13 Å². The molecule has 1 unspecified atom stereocenters. The standard InChI is InChI=1S/2C26H32FN5O3S.CH4.H3P/c2*1-7-9-13-22-30-31-23(32(22)24-20(8-2)11-10-12-21(24)27)16-36(33,34)19(6)25(35-17(3)4)26-28-14-18(5)15-29-26;;/h2*7-8,10-12,14-15,17,19,25H,1-2,9,13,16H2,3-6H3;1H4;1H3/t2*19-,25+;;/m00../s1. The number of aromatic nitrogens is 10. The minimum atomic E-state index is -3.88. The van der Waals surface area contributed by atoms with Crippen molar-refractivity contribution in [3.05, 3.63) is 168 Å². The zero-order valence-electron chi connectivity index (χ0n) is 42.8. The second-order valence-corrected chi connectivity index (χ2v) is 22.3. The molecule has 21 heteroatoms. The van der Waals surface area contributed by atoms with E-state index in [1.54, 1.807) is 75.1 Å². The average molecular weight is 1080 g/mol. The smallest absolute Gasteiger partial charge is 0.163 e. The van der Waals surface area contributed by atoms with Gasteiger partial charge in [0, 0.05) is 48.8 Å². The average Bonchev–Trinajstić information content (AvgIpc) is 3.92. The van der Waals surface area contributed by atoms with Crippen molar-refractivity contribution in [1.29, 1.82) is 0 Å². The first kappa shape index (κ1) is 62.2. The molecule has 0 aliphatic carbocycles. The zero-order valence-corrected chi connectivity index (χ0v) is 45.9. The van der Waals surface area contributed by atoms with Crippen LogP contribution in [0.3, 0.4) is 0 Å². The Balaban J connectivity index is 0.000000380. The maximum absolute atomic E-state index is 15.1. The minimum Gasteiger partial charge on any atom is -0.366 e. The minimum absolute atomic E-state index is 0. The van der Waals surface area contributed by atoms with Gasteiger partial charge in [0.05, 0.1) is 34.1 Å². The van der Waals surface area contributed by atoms with Gasteiger partial charge in [-0.1, -0.05) is 69.2 Å². The third-order valence-electron chi connectivity index (χ3n) is 11.3.